The number of hydrogen-bond acceptors (Lipinski definition) is 3. The molecule has 0 fully saturated rings. The molecule has 0 saturated carbocycles. The van der Waals surface area contributed by atoms with Crippen LogP contribution >= 0.6 is 7.60 Å². The maximum Gasteiger partial charge on any atom is 0.332 e. The van der Waals surface area contributed by atoms with E-state index in [1.165, 1.54) is 89.9 Å². The van der Waals surface area contributed by atoms with E-state index in [4.69, 9.17) is 4.52 Å². The Hall–Kier alpha value is -0.830. The van der Waals surface area contributed by atoms with E-state index < -0.39 is 7.60 Å². The van der Waals surface area contributed by atoms with E-state index in [1.54, 1.807) is 6.07 Å². The highest BCUT2D eigenvalue weighted by Crippen LogP contribution is 2.47. The standard InChI is InChI=1S/C30H55O4P/c1-6-7-8-9-10-11-12-13-14-15-16-17-18-19-20-21-22-34-35(32,33)25-27-23-26(2)29(31)28(24-27)30(3,4)5/h23-24,31H,6-22,25H2,1-5H3,(H,32,33). The molecule has 0 spiro atoms. The van der Waals surface area contributed by atoms with Crippen molar-refractivity contribution in [2.24, 2.45) is 0 Å². The van der Waals surface area contributed by atoms with Crippen molar-refractivity contribution in [3.8, 4) is 5.75 Å². The number of aromatic hydroxyl groups is 1. The van der Waals surface area contributed by atoms with Gasteiger partial charge in [0, 0.05) is 0 Å². The van der Waals surface area contributed by atoms with Crippen molar-refractivity contribution in [3.05, 3.63) is 28.8 Å². The zero-order valence-electron chi connectivity index (χ0n) is 23.5. The van der Waals surface area contributed by atoms with Crippen molar-refractivity contribution in [1.82, 2.24) is 0 Å². The molecule has 204 valence electrons. The third-order valence-corrected chi connectivity index (χ3v) is 8.19. The van der Waals surface area contributed by atoms with Gasteiger partial charge in [0.2, 0.25) is 0 Å². The molecule has 2 N–H and O–H groups in total. The van der Waals surface area contributed by atoms with Crippen LogP contribution in [0.4, 0.5) is 0 Å². The first-order valence-electron chi connectivity index (χ1n) is 14.4. The molecule has 1 unspecified atom stereocenters. The molecule has 0 radical (unpaired) electrons. The molecule has 0 aliphatic rings. The van der Waals surface area contributed by atoms with Crippen molar-refractivity contribution in [1.29, 1.82) is 0 Å². The molecule has 0 aromatic heterocycles. The summed E-state index contributed by atoms with van der Waals surface area (Å²) in [6.07, 6.45) is 20.9. The van der Waals surface area contributed by atoms with Crippen LogP contribution in [0.1, 0.15) is 147 Å². The highest BCUT2D eigenvalue weighted by molar-refractivity contribution is 7.51. The topological polar surface area (TPSA) is 66.8 Å². The van der Waals surface area contributed by atoms with Gasteiger partial charge in [0.1, 0.15) is 5.75 Å². The number of rotatable bonds is 20. The van der Waals surface area contributed by atoms with Crippen LogP contribution in [0, 0.1) is 6.92 Å². The van der Waals surface area contributed by atoms with Gasteiger partial charge in [-0.15, -0.1) is 0 Å². The minimum atomic E-state index is -3.69. The van der Waals surface area contributed by atoms with Crippen molar-refractivity contribution in [3.63, 3.8) is 0 Å². The maximum atomic E-state index is 12.6. The summed E-state index contributed by atoms with van der Waals surface area (Å²) < 4.78 is 18.0. The number of phenols is 1. The van der Waals surface area contributed by atoms with E-state index in [1.807, 2.05) is 33.8 Å². The molecule has 1 aromatic carbocycles. The summed E-state index contributed by atoms with van der Waals surface area (Å²) in [4.78, 5) is 10.3. The zero-order chi connectivity index (χ0) is 26.2. The van der Waals surface area contributed by atoms with Crippen LogP contribution in [0.5, 0.6) is 5.75 Å². The third-order valence-electron chi connectivity index (χ3n) is 6.84. The Labute approximate surface area is 216 Å². The summed E-state index contributed by atoms with van der Waals surface area (Å²) in [7, 11) is -3.69. The predicted molar refractivity (Wildman–Crippen MR) is 151 cm³/mol. The van der Waals surface area contributed by atoms with Gasteiger partial charge in [-0.2, -0.15) is 0 Å². The van der Waals surface area contributed by atoms with E-state index >= 15 is 0 Å². The fourth-order valence-electron chi connectivity index (χ4n) is 4.65. The number of unbranched alkanes of at least 4 members (excludes halogenated alkanes) is 15. The van der Waals surface area contributed by atoms with Gasteiger partial charge < -0.3 is 14.5 Å². The summed E-state index contributed by atoms with van der Waals surface area (Å²) >= 11 is 0. The Bertz CT molecular complexity index is 739. The van der Waals surface area contributed by atoms with E-state index in [-0.39, 0.29) is 17.3 Å². The molecule has 4 nitrogen and oxygen atoms in total. The average molecular weight is 511 g/mol. The first-order chi connectivity index (χ1) is 16.6. The van der Waals surface area contributed by atoms with Crippen LogP contribution in [-0.2, 0) is 20.7 Å². The summed E-state index contributed by atoms with van der Waals surface area (Å²) in [6, 6.07) is 3.62. The quantitative estimate of drug-likeness (QED) is 0.135. The lowest BCUT2D eigenvalue weighted by Crippen LogP contribution is -2.12. The SMILES string of the molecule is CCCCCCCCCCCCCCCCCCOP(=O)(O)Cc1cc(C)c(O)c(C(C)(C)C)c1. The average Bonchev–Trinajstić information content (AvgIpc) is 2.77. The molecule has 0 bridgehead atoms. The van der Waals surface area contributed by atoms with Crippen LogP contribution in [0.2, 0.25) is 0 Å². The lowest BCUT2D eigenvalue weighted by atomic mass is 9.84. The molecule has 1 atom stereocenters. The highest BCUT2D eigenvalue weighted by atomic mass is 31.2. The molecule has 0 heterocycles. The van der Waals surface area contributed by atoms with Crippen LogP contribution in [0.15, 0.2) is 12.1 Å². The maximum absolute atomic E-state index is 12.6. The molecule has 0 aliphatic heterocycles. The van der Waals surface area contributed by atoms with E-state index in [2.05, 4.69) is 6.92 Å². The molecular weight excluding hydrogens is 455 g/mol. The fraction of sp³-hybridized carbons (Fsp3) is 0.800. The Morgan fingerprint density at radius 1 is 0.771 bits per heavy atom. The monoisotopic (exact) mass is 510 g/mol. The summed E-state index contributed by atoms with van der Waals surface area (Å²) in [5.74, 6) is 0.267. The van der Waals surface area contributed by atoms with Crippen LogP contribution in [-0.4, -0.2) is 16.6 Å². The molecule has 5 heteroatoms. The highest BCUT2D eigenvalue weighted by Gasteiger charge is 2.24. The normalized spacial score (nSPS) is 13.8. The van der Waals surface area contributed by atoms with Gasteiger partial charge in [0.05, 0.1) is 12.8 Å². The largest absolute Gasteiger partial charge is 0.507 e. The van der Waals surface area contributed by atoms with Crippen molar-refractivity contribution in [2.45, 2.75) is 149 Å². The van der Waals surface area contributed by atoms with Gasteiger partial charge in [0.25, 0.3) is 0 Å². The Balaban J connectivity index is 2.08. The zero-order valence-corrected chi connectivity index (χ0v) is 24.4. The second-order valence-electron chi connectivity index (χ2n) is 11.5. The number of hydrogen-bond donors (Lipinski definition) is 2. The van der Waals surface area contributed by atoms with Crippen LogP contribution < -0.4 is 0 Å². The van der Waals surface area contributed by atoms with Gasteiger partial charge in [-0.05, 0) is 35.4 Å². The van der Waals surface area contributed by atoms with Gasteiger partial charge in [0.15, 0.2) is 0 Å². The molecule has 1 rings (SSSR count). The van der Waals surface area contributed by atoms with E-state index in [0.717, 1.165) is 29.5 Å². The summed E-state index contributed by atoms with van der Waals surface area (Å²) in [5, 5.41) is 10.4. The van der Waals surface area contributed by atoms with Gasteiger partial charge >= 0.3 is 7.60 Å². The third kappa shape index (κ3) is 15.1. The smallest absolute Gasteiger partial charge is 0.332 e. The molecule has 1 aromatic rings. The molecule has 0 amide bonds. The molecule has 0 aliphatic carbocycles. The molecular formula is C30H55O4P. The lowest BCUT2D eigenvalue weighted by molar-refractivity contribution is 0.251. The summed E-state index contributed by atoms with van der Waals surface area (Å²) in [5.41, 5.74) is 2.03. The Kier molecular flexibility index (Phi) is 16.2. The lowest BCUT2D eigenvalue weighted by Gasteiger charge is -2.23. The minimum absolute atomic E-state index is 0.0178. The first kappa shape index (κ1) is 32.2. The van der Waals surface area contributed by atoms with E-state index in [9.17, 15) is 14.6 Å². The van der Waals surface area contributed by atoms with E-state index in [0.29, 0.717) is 6.61 Å². The van der Waals surface area contributed by atoms with Crippen molar-refractivity contribution >= 4 is 7.60 Å². The van der Waals surface area contributed by atoms with Crippen LogP contribution in [0.3, 0.4) is 0 Å². The van der Waals surface area contributed by atoms with Crippen molar-refractivity contribution in [2.75, 3.05) is 6.61 Å². The number of phenolic OH excluding ortho intramolecular Hbond substituents is 1. The Morgan fingerprint density at radius 3 is 1.63 bits per heavy atom. The first-order valence-corrected chi connectivity index (χ1v) is 16.1. The second-order valence-corrected chi connectivity index (χ2v) is 13.3. The van der Waals surface area contributed by atoms with Crippen LogP contribution in [0.25, 0.3) is 0 Å². The van der Waals surface area contributed by atoms with Gasteiger partial charge in [-0.1, -0.05) is 136 Å². The predicted octanol–water partition coefficient (Wildman–Crippen LogP) is 9.96. The van der Waals surface area contributed by atoms with Gasteiger partial charge in [-0.25, -0.2) is 0 Å². The molecule has 0 saturated heterocycles. The van der Waals surface area contributed by atoms with Crippen molar-refractivity contribution < 1.29 is 19.1 Å². The van der Waals surface area contributed by atoms with Gasteiger partial charge in [-0.3, -0.25) is 4.57 Å². The Morgan fingerprint density at radius 2 is 1.20 bits per heavy atom. The minimum Gasteiger partial charge on any atom is -0.507 e. The number of benzene rings is 1. The second kappa shape index (κ2) is 17.6. The summed E-state index contributed by atoms with van der Waals surface area (Å²) in [6.45, 7) is 10.5. The molecule has 35 heavy (non-hydrogen) atoms. The fourth-order valence-corrected chi connectivity index (χ4v) is 5.80. The number of aryl methyl sites for hydroxylation is 1.